The van der Waals surface area contributed by atoms with Crippen LogP contribution < -0.4 is 5.32 Å². The summed E-state index contributed by atoms with van der Waals surface area (Å²) >= 11 is 1.44. The topological polar surface area (TPSA) is 81.7 Å². The van der Waals surface area contributed by atoms with Gasteiger partial charge in [0.2, 0.25) is 5.91 Å². The minimum absolute atomic E-state index is 0.160. The number of thioether (sulfide) groups is 1. The van der Waals surface area contributed by atoms with E-state index in [1.54, 1.807) is 0 Å². The number of anilines is 1. The van der Waals surface area contributed by atoms with E-state index in [-0.39, 0.29) is 28.5 Å². The Hall–Kier alpha value is -2.80. The van der Waals surface area contributed by atoms with Crippen LogP contribution in [0.2, 0.25) is 0 Å². The average molecular weight is 416 g/mol. The molecule has 1 N–H and O–H groups in total. The Kier molecular flexibility index (Phi) is 7.45. The molecule has 29 heavy (non-hydrogen) atoms. The number of hydrogen-bond acceptors (Lipinski definition) is 6. The van der Waals surface area contributed by atoms with Gasteiger partial charge in [-0.15, -0.1) is 11.8 Å². The van der Waals surface area contributed by atoms with Gasteiger partial charge in [-0.1, -0.05) is 6.07 Å². The lowest BCUT2D eigenvalue weighted by atomic mass is 10.0. The van der Waals surface area contributed by atoms with Gasteiger partial charge >= 0.3 is 11.9 Å². The first-order chi connectivity index (χ1) is 13.7. The highest BCUT2D eigenvalue weighted by Crippen LogP contribution is 2.31. The lowest BCUT2D eigenvalue weighted by Crippen LogP contribution is -2.18. The first-order valence-electron chi connectivity index (χ1n) is 9.00. The minimum Gasteiger partial charge on any atom is -0.465 e. The fraction of sp³-hybridized carbons (Fsp3) is 0.318. The van der Waals surface area contributed by atoms with Crippen molar-refractivity contribution in [3.8, 4) is 0 Å². The van der Waals surface area contributed by atoms with E-state index >= 15 is 0 Å². The minimum atomic E-state index is -0.606. The van der Waals surface area contributed by atoms with Crippen LogP contribution in [0, 0.1) is 27.7 Å². The van der Waals surface area contributed by atoms with Gasteiger partial charge in [-0.25, -0.2) is 9.59 Å². The van der Waals surface area contributed by atoms with Crippen molar-refractivity contribution in [2.45, 2.75) is 32.6 Å². The molecule has 0 unspecified atom stereocenters. The molecule has 0 bridgehead atoms. The number of carbonyl (C=O) groups excluding carboxylic acids is 3. The van der Waals surface area contributed by atoms with Crippen molar-refractivity contribution in [2.24, 2.45) is 0 Å². The fourth-order valence-corrected chi connectivity index (χ4v) is 4.00. The molecular formula is C22H25NO5S. The van der Waals surface area contributed by atoms with Crippen molar-refractivity contribution < 1.29 is 23.9 Å². The molecule has 0 radical (unpaired) electrons. The Balaban J connectivity index is 2.24. The molecule has 0 saturated carbocycles. The van der Waals surface area contributed by atoms with Gasteiger partial charge in [0, 0.05) is 4.90 Å². The fourth-order valence-electron chi connectivity index (χ4n) is 2.90. The summed E-state index contributed by atoms with van der Waals surface area (Å²) in [6, 6.07) is 6.42. The van der Waals surface area contributed by atoms with Gasteiger partial charge in [0.25, 0.3) is 0 Å². The molecule has 6 nitrogen and oxygen atoms in total. The van der Waals surface area contributed by atoms with Gasteiger partial charge in [0.15, 0.2) is 0 Å². The van der Waals surface area contributed by atoms with Crippen molar-refractivity contribution in [3.63, 3.8) is 0 Å². The van der Waals surface area contributed by atoms with Crippen LogP contribution in [0.1, 0.15) is 43.0 Å². The number of amides is 1. The molecule has 2 aromatic rings. The van der Waals surface area contributed by atoms with Crippen LogP contribution in [0.15, 0.2) is 29.2 Å². The Morgan fingerprint density at radius 3 is 2.03 bits per heavy atom. The summed E-state index contributed by atoms with van der Waals surface area (Å²) in [6.45, 7) is 8.17. The lowest BCUT2D eigenvalue weighted by molar-refractivity contribution is -0.113. The zero-order valence-corrected chi connectivity index (χ0v) is 18.3. The molecule has 154 valence electrons. The lowest BCUT2D eigenvalue weighted by Gasteiger charge is -2.15. The predicted octanol–water partition coefficient (Wildman–Crippen LogP) is 4.22. The summed E-state index contributed by atoms with van der Waals surface area (Å²) in [5.74, 6) is -1.30. The molecule has 2 aromatic carbocycles. The number of methoxy groups -OCH3 is 2. The molecule has 0 fully saturated rings. The van der Waals surface area contributed by atoms with Crippen LogP contribution in [0.25, 0.3) is 0 Å². The molecule has 7 heteroatoms. The van der Waals surface area contributed by atoms with Gasteiger partial charge in [-0.05, 0) is 68.1 Å². The Morgan fingerprint density at radius 2 is 1.48 bits per heavy atom. The van der Waals surface area contributed by atoms with Gasteiger partial charge in [-0.3, -0.25) is 4.79 Å². The maximum Gasteiger partial charge on any atom is 0.339 e. The van der Waals surface area contributed by atoms with E-state index in [1.807, 2.05) is 27.7 Å². The summed E-state index contributed by atoms with van der Waals surface area (Å²) in [5, 5.41) is 2.72. The van der Waals surface area contributed by atoms with Crippen LogP contribution in [-0.2, 0) is 14.3 Å². The number of ether oxygens (including phenoxy) is 2. The number of hydrogen-bond donors (Lipinski definition) is 1. The van der Waals surface area contributed by atoms with Crippen molar-refractivity contribution in [1.29, 1.82) is 0 Å². The number of aryl methyl sites for hydroxylation is 2. The largest absolute Gasteiger partial charge is 0.465 e. The Labute approximate surface area is 175 Å². The van der Waals surface area contributed by atoms with E-state index in [4.69, 9.17) is 9.47 Å². The zero-order valence-electron chi connectivity index (χ0n) is 17.5. The monoisotopic (exact) mass is 415 g/mol. The van der Waals surface area contributed by atoms with Crippen molar-refractivity contribution in [1.82, 2.24) is 0 Å². The molecule has 2 rings (SSSR count). The molecule has 0 saturated heterocycles. The number of carbonyl (C=O) groups is 3. The molecule has 0 aliphatic rings. The number of benzene rings is 2. The van der Waals surface area contributed by atoms with E-state index < -0.39 is 11.9 Å². The Bertz CT molecular complexity index is 942. The highest BCUT2D eigenvalue weighted by atomic mass is 32.2. The van der Waals surface area contributed by atoms with E-state index in [0.717, 1.165) is 16.0 Å². The van der Waals surface area contributed by atoms with E-state index in [2.05, 4.69) is 11.4 Å². The van der Waals surface area contributed by atoms with E-state index in [9.17, 15) is 14.4 Å². The second-order valence-corrected chi connectivity index (χ2v) is 7.66. The first-order valence-corrected chi connectivity index (χ1v) is 9.98. The second kappa shape index (κ2) is 9.60. The van der Waals surface area contributed by atoms with Gasteiger partial charge in [0.05, 0.1) is 36.8 Å². The highest BCUT2D eigenvalue weighted by molar-refractivity contribution is 8.00. The Morgan fingerprint density at radius 1 is 0.897 bits per heavy atom. The first kappa shape index (κ1) is 22.5. The number of nitrogens with one attached hydrogen (secondary N) is 1. The van der Waals surface area contributed by atoms with Gasteiger partial charge in [0.1, 0.15) is 0 Å². The van der Waals surface area contributed by atoms with Crippen LogP contribution in [0.4, 0.5) is 5.69 Å². The molecule has 0 aliphatic heterocycles. The summed E-state index contributed by atoms with van der Waals surface area (Å²) in [6.07, 6.45) is 0. The van der Waals surface area contributed by atoms with Crippen LogP contribution in [0.3, 0.4) is 0 Å². The average Bonchev–Trinajstić information content (AvgIpc) is 2.71. The van der Waals surface area contributed by atoms with E-state index in [0.29, 0.717) is 0 Å². The smallest absolute Gasteiger partial charge is 0.339 e. The standard InChI is InChI=1S/C22H25NO5S/c1-12-9-13(2)15(4)20(14(12)3)29-11-19(24)23-18-10-16(21(25)27-5)7-8-17(18)22(26)28-6/h7-10H,11H2,1-6H3,(H,23,24). The summed E-state index contributed by atoms with van der Waals surface area (Å²) in [5.41, 5.74) is 5.24. The van der Waals surface area contributed by atoms with Crippen molar-refractivity contribution >= 4 is 35.3 Å². The maximum atomic E-state index is 12.6. The van der Waals surface area contributed by atoms with Gasteiger partial charge < -0.3 is 14.8 Å². The van der Waals surface area contributed by atoms with Crippen molar-refractivity contribution in [3.05, 3.63) is 57.6 Å². The summed E-state index contributed by atoms with van der Waals surface area (Å²) < 4.78 is 9.47. The molecule has 0 spiro atoms. The SMILES string of the molecule is COC(=O)c1ccc(C(=O)OC)c(NC(=O)CSc2c(C)c(C)cc(C)c2C)c1. The zero-order chi connectivity index (χ0) is 21.7. The van der Waals surface area contributed by atoms with Crippen LogP contribution >= 0.6 is 11.8 Å². The maximum absolute atomic E-state index is 12.6. The van der Waals surface area contributed by atoms with Gasteiger partial charge in [-0.2, -0.15) is 0 Å². The quantitative estimate of drug-likeness (QED) is 0.562. The number of esters is 2. The normalized spacial score (nSPS) is 10.4. The second-order valence-electron chi connectivity index (χ2n) is 6.67. The van der Waals surface area contributed by atoms with Crippen LogP contribution in [-0.4, -0.2) is 37.8 Å². The summed E-state index contributed by atoms with van der Waals surface area (Å²) in [4.78, 5) is 37.5. The van der Waals surface area contributed by atoms with E-state index in [1.165, 1.54) is 55.3 Å². The summed E-state index contributed by atoms with van der Waals surface area (Å²) in [7, 11) is 2.52. The molecule has 0 heterocycles. The third kappa shape index (κ3) is 5.17. The predicted molar refractivity (Wildman–Crippen MR) is 114 cm³/mol. The highest BCUT2D eigenvalue weighted by Gasteiger charge is 2.18. The van der Waals surface area contributed by atoms with Crippen molar-refractivity contribution in [2.75, 3.05) is 25.3 Å². The molecule has 1 amide bonds. The molecule has 0 aromatic heterocycles. The third-order valence-corrected chi connectivity index (χ3v) is 6.07. The molecular weight excluding hydrogens is 390 g/mol. The number of rotatable bonds is 6. The van der Waals surface area contributed by atoms with Crippen LogP contribution in [0.5, 0.6) is 0 Å². The molecule has 0 atom stereocenters. The third-order valence-electron chi connectivity index (χ3n) is 4.76. The molecule has 0 aliphatic carbocycles.